The molecule has 1 aromatic heterocycles. The molecule has 2 aromatic rings. The van der Waals surface area contributed by atoms with Crippen molar-refractivity contribution in [3.8, 4) is 11.5 Å². The predicted molar refractivity (Wildman–Crippen MR) is 68.4 cm³/mol. The van der Waals surface area contributed by atoms with Crippen molar-refractivity contribution in [1.82, 2.24) is 4.98 Å². The zero-order valence-electron chi connectivity index (χ0n) is 10.4. The Morgan fingerprint density at radius 3 is 2.84 bits per heavy atom. The van der Waals surface area contributed by atoms with E-state index in [2.05, 4.69) is 4.98 Å². The van der Waals surface area contributed by atoms with Gasteiger partial charge < -0.3 is 14.6 Å². The largest absolute Gasteiger partial charge is 0.478 e. The summed E-state index contributed by atoms with van der Waals surface area (Å²) in [5, 5.41) is 8.88. The fourth-order valence-electron chi connectivity index (χ4n) is 1.59. The number of aromatic nitrogens is 1. The standard InChI is InChI=1S/C14H13NO4/c1-18-9-10-3-2-4-12(5-10)19-13-6-11(14(16)17)7-15-8-13/h2-8H,9H2,1H3,(H,16,17). The molecule has 0 aliphatic rings. The van der Waals surface area contributed by atoms with Crippen LogP contribution in [-0.2, 0) is 11.3 Å². The molecular formula is C14H13NO4. The Balaban J connectivity index is 2.18. The highest BCUT2D eigenvalue weighted by Crippen LogP contribution is 2.22. The first-order chi connectivity index (χ1) is 9.19. The summed E-state index contributed by atoms with van der Waals surface area (Å²) in [6.07, 6.45) is 2.74. The average Bonchev–Trinajstić information content (AvgIpc) is 2.40. The number of nitrogens with zero attached hydrogens (tertiary/aromatic N) is 1. The summed E-state index contributed by atoms with van der Waals surface area (Å²) in [6.45, 7) is 0.491. The highest BCUT2D eigenvalue weighted by atomic mass is 16.5. The Morgan fingerprint density at radius 2 is 2.11 bits per heavy atom. The Morgan fingerprint density at radius 1 is 1.26 bits per heavy atom. The van der Waals surface area contributed by atoms with Gasteiger partial charge in [-0.15, -0.1) is 0 Å². The van der Waals surface area contributed by atoms with E-state index in [4.69, 9.17) is 14.6 Å². The normalized spacial score (nSPS) is 10.2. The average molecular weight is 259 g/mol. The molecule has 0 fully saturated rings. The second-order valence-corrected chi connectivity index (χ2v) is 3.90. The number of carbonyl (C=O) groups is 1. The Hall–Kier alpha value is -2.40. The van der Waals surface area contributed by atoms with Gasteiger partial charge in [0.1, 0.15) is 11.5 Å². The molecule has 0 amide bonds. The minimum absolute atomic E-state index is 0.0885. The number of rotatable bonds is 5. The fourth-order valence-corrected chi connectivity index (χ4v) is 1.59. The molecule has 0 radical (unpaired) electrons. The van der Waals surface area contributed by atoms with E-state index in [1.165, 1.54) is 18.5 Å². The molecule has 0 spiro atoms. The van der Waals surface area contributed by atoms with Gasteiger partial charge >= 0.3 is 5.97 Å². The van der Waals surface area contributed by atoms with Crippen LogP contribution in [0, 0.1) is 0 Å². The summed E-state index contributed by atoms with van der Waals surface area (Å²) in [5.41, 5.74) is 1.06. The van der Waals surface area contributed by atoms with Crippen LogP contribution in [-0.4, -0.2) is 23.2 Å². The van der Waals surface area contributed by atoms with Crippen LogP contribution in [0.4, 0.5) is 0 Å². The number of aromatic carboxylic acids is 1. The van der Waals surface area contributed by atoms with E-state index in [1.54, 1.807) is 13.2 Å². The van der Waals surface area contributed by atoms with Crippen LogP contribution in [0.5, 0.6) is 11.5 Å². The molecule has 5 nitrogen and oxygen atoms in total. The molecule has 19 heavy (non-hydrogen) atoms. The fraction of sp³-hybridized carbons (Fsp3) is 0.143. The van der Waals surface area contributed by atoms with Gasteiger partial charge in [0.25, 0.3) is 0 Å². The van der Waals surface area contributed by atoms with Gasteiger partial charge in [-0.2, -0.15) is 0 Å². The van der Waals surface area contributed by atoms with Crippen LogP contribution in [0.3, 0.4) is 0 Å². The Bertz CT molecular complexity index is 583. The van der Waals surface area contributed by atoms with Gasteiger partial charge in [0.05, 0.1) is 18.4 Å². The molecule has 0 aliphatic heterocycles. The predicted octanol–water partition coefficient (Wildman–Crippen LogP) is 2.72. The summed E-state index contributed by atoms with van der Waals surface area (Å²) in [4.78, 5) is 14.7. The van der Waals surface area contributed by atoms with Crippen molar-refractivity contribution in [1.29, 1.82) is 0 Å². The molecule has 0 aliphatic carbocycles. The maximum atomic E-state index is 10.8. The van der Waals surface area contributed by atoms with E-state index in [0.29, 0.717) is 18.1 Å². The maximum Gasteiger partial charge on any atom is 0.337 e. The van der Waals surface area contributed by atoms with Crippen LogP contribution >= 0.6 is 0 Å². The number of carboxylic acid groups (broad SMARTS) is 1. The number of methoxy groups -OCH3 is 1. The van der Waals surface area contributed by atoms with Crippen molar-refractivity contribution in [2.45, 2.75) is 6.61 Å². The number of hydrogen-bond acceptors (Lipinski definition) is 4. The van der Waals surface area contributed by atoms with E-state index < -0.39 is 5.97 Å². The quantitative estimate of drug-likeness (QED) is 0.894. The maximum absolute atomic E-state index is 10.8. The van der Waals surface area contributed by atoms with Crippen molar-refractivity contribution in [3.63, 3.8) is 0 Å². The zero-order valence-corrected chi connectivity index (χ0v) is 10.4. The van der Waals surface area contributed by atoms with Gasteiger partial charge in [0.2, 0.25) is 0 Å². The smallest absolute Gasteiger partial charge is 0.337 e. The molecular weight excluding hydrogens is 246 g/mol. The van der Waals surface area contributed by atoms with Crippen molar-refractivity contribution >= 4 is 5.97 Å². The van der Waals surface area contributed by atoms with Gasteiger partial charge in [-0.1, -0.05) is 12.1 Å². The van der Waals surface area contributed by atoms with Crippen molar-refractivity contribution in [2.24, 2.45) is 0 Å². The number of carboxylic acids is 1. The summed E-state index contributed by atoms with van der Waals surface area (Å²) in [5.74, 6) is -0.0422. The number of benzene rings is 1. The van der Waals surface area contributed by atoms with Crippen LogP contribution in [0.15, 0.2) is 42.7 Å². The monoisotopic (exact) mass is 259 g/mol. The number of ether oxygens (including phenoxy) is 2. The van der Waals surface area contributed by atoms with Crippen LogP contribution in [0.2, 0.25) is 0 Å². The van der Waals surface area contributed by atoms with Crippen LogP contribution in [0.25, 0.3) is 0 Å². The minimum Gasteiger partial charge on any atom is -0.478 e. The molecule has 2 rings (SSSR count). The SMILES string of the molecule is COCc1cccc(Oc2cncc(C(=O)O)c2)c1. The first-order valence-electron chi connectivity index (χ1n) is 5.63. The molecule has 5 heteroatoms. The number of pyridine rings is 1. The molecule has 0 unspecified atom stereocenters. The van der Waals surface area contributed by atoms with Crippen molar-refractivity contribution < 1.29 is 19.4 Å². The van der Waals surface area contributed by atoms with Gasteiger partial charge in [-0.3, -0.25) is 4.98 Å². The van der Waals surface area contributed by atoms with Crippen molar-refractivity contribution in [2.75, 3.05) is 7.11 Å². The molecule has 98 valence electrons. The second-order valence-electron chi connectivity index (χ2n) is 3.90. The van der Waals surface area contributed by atoms with Crippen LogP contribution < -0.4 is 4.74 Å². The summed E-state index contributed by atoms with van der Waals surface area (Å²) in [6, 6.07) is 8.81. The van der Waals surface area contributed by atoms with Crippen LogP contribution in [0.1, 0.15) is 15.9 Å². The summed E-state index contributed by atoms with van der Waals surface area (Å²) >= 11 is 0. The molecule has 0 saturated heterocycles. The van der Waals surface area contributed by atoms with E-state index in [-0.39, 0.29) is 5.56 Å². The molecule has 1 aromatic carbocycles. The first kappa shape index (κ1) is 13.0. The third kappa shape index (κ3) is 3.53. The molecule has 0 atom stereocenters. The molecule has 0 saturated carbocycles. The third-order valence-electron chi connectivity index (χ3n) is 2.41. The van der Waals surface area contributed by atoms with Gasteiger partial charge in [0.15, 0.2) is 0 Å². The molecule has 1 N–H and O–H groups in total. The zero-order chi connectivity index (χ0) is 13.7. The summed E-state index contributed by atoms with van der Waals surface area (Å²) in [7, 11) is 1.62. The van der Waals surface area contributed by atoms with Gasteiger partial charge in [-0.25, -0.2) is 4.79 Å². The van der Waals surface area contributed by atoms with E-state index in [0.717, 1.165) is 5.56 Å². The second kappa shape index (κ2) is 5.97. The molecule has 0 bridgehead atoms. The van der Waals surface area contributed by atoms with E-state index >= 15 is 0 Å². The van der Waals surface area contributed by atoms with E-state index in [1.807, 2.05) is 18.2 Å². The van der Waals surface area contributed by atoms with E-state index in [9.17, 15) is 4.79 Å². The Kier molecular flexibility index (Phi) is 4.10. The first-order valence-corrected chi connectivity index (χ1v) is 5.63. The highest BCUT2D eigenvalue weighted by molar-refractivity contribution is 5.87. The highest BCUT2D eigenvalue weighted by Gasteiger charge is 2.06. The minimum atomic E-state index is -1.04. The number of hydrogen-bond donors (Lipinski definition) is 1. The van der Waals surface area contributed by atoms with Gasteiger partial charge in [-0.05, 0) is 23.8 Å². The lowest BCUT2D eigenvalue weighted by Gasteiger charge is -2.07. The lowest BCUT2D eigenvalue weighted by Crippen LogP contribution is -1.97. The summed E-state index contributed by atoms with van der Waals surface area (Å²) < 4.78 is 10.6. The lowest BCUT2D eigenvalue weighted by atomic mass is 10.2. The Labute approximate surface area is 110 Å². The topological polar surface area (TPSA) is 68.7 Å². The lowest BCUT2D eigenvalue weighted by molar-refractivity contribution is 0.0696. The van der Waals surface area contributed by atoms with Crippen molar-refractivity contribution in [3.05, 3.63) is 53.9 Å². The third-order valence-corrected chi connectivity index (χ3v) is 2.41. The van der Waals surface area contributed by atoms with Gasteiger partial charge in [0, 0.05) is 13.3 Å². The molecule has 1 heterocycles.